The second-order valence-corrected chi connectivity index (χ2v) is 10.1. The van der Waals surface area contributed by atoms with E-state index in [1.165, 1.54) is 36.4 Å². The highest BCUT2D eigenvalue weighted by molar-refractivity contribution is 7.89. The standard InChI is InChI=1S/C22H13Cl2F4N3O3S/c1-35(33,34)30-21(32)15-9-12(24)10-18(19(15)25)31-17-7-6-11(23)8-14(17)20(29-31)13-4-2-3-5-16(13)22(26,27)28/h2-10H,1H3,(H,30,32). The van der Waals surface area contributed by atoms with Crippen LogP contribution in [0.5, 0.6) is 0 Å². The van der Waals surface area contributed by atoms with Crippen molar-refractivity contribution in [3.05, 3.63) is 81.6 Å². The predicted molar refractivity (Wildman–Crippen MR) is 124 cm³/mol. The zero-order valence-corrected chi connectivity index (χ0v) is 19.8. The van der Waals surface area contributed by atoms with E-state index in [1.54, 1.807) is 4.72 Å². The summed E-state index contributed by atoms with van der Waals surface area (Å²) in [5.74, 6) is -2.47. The number of rotatable bonds is 4. The zero-order chi connectivity index (χ0) is 25.7. The van der Waals surface area contributed by atoms with E-state index >= 15 is 4.39 Å². The molecule has 0 aliphatic carbocycles. The van der Waals surface area contributed by atoms with E-state index in [1.807, 2.05) is 0 Å². The molecule has 1 amide bonds. The van der Waals surface area contributed by atoms with Gasteiger partial charge < -0.3 is 0 Å². The number of aromatic nitrogens is 2. The quantitative estimate of drug-likeness (QED) is 0.326. The second kappa shape index (κ2) is 8.81. The van der Waals surface area contributed by atoms with Crippen molar-refractivity contribution in [3.63, 3.8) is 0 Å². The maximum atomic E-state index is 15.5. The average molecular weight is 546 g/mol. The van der Waals surface area contributed by atoms with E-state index in [-0.39, 0.29) is 37.9 Å². The summed E-state index contributed by atoms with van der Waals surface area (Å²) in [4.78, 5) is 12.3. The minimum atomic E-state index is -4.70. The highest BCUT2D eigenvalue weighted by Gasteiger charge is 2.35. The molecular formula is C22H13Cl2F4N3O3S. The minimum Gasteiger partial charge on any atom is -0.268 e. The molecule has 182 valence electrons. The van der Waals surface area contributed by atoms with Crippen LogP contribution in [0.2, 0.25) is 10.0 Å². The lowest BCUT2D eigenvalue weighted by Gasteiger charge is -2.11. The zero-order valence-electron chi connectivity index (χ0n) is 17.5. The molecule has 0 radical (unpaired) electrons. The van der Waals surface area contributed by atoms with Crippen LogP contribution in [0.15, 0.2) is 54.6 Å². The van der Waals surface area contributed by atoms with Crippen molar-refractivity contribution >= 4 is 50.0 Å². The number of hydrogen-bond acceptors (Lipinski definition) is 4. The Morgan fingerprint density at radius 1 is 1.03 bits per heavy atom. The van der Waals surface area contributed by atoms with Crippen molar-refractivity contribution in [2.75, 3.05) is 6.26 Å². The third kappa shape index (κ3) is 4.97. The molecule has 35 heavy (non-hydrogen) atoms. The lowest BCUT2D eigenvalue weighted by atomic mass is 10.0. The van der Waals surface area contributed by atoms with Gasteiger partial charge in [-0.2, -0.15) is 18.3 Å². The third-order valence-corrected chi connectivity index (χ3v) is 5.91. The molecule has 0 aliphatic rings. The Morgan fingerprint density at radius 3 is 2.37 bits per heavy atom. The molecule has 4 rings (SSSR count). The van der Waals surface area contributed by atoms with Gasteiger partial charge in [0.25, 0.3) is 5.91 Å². The van der Waals surface area contributed by atoms with Crippen LogP contribution in [-0.4, -0.2) is 30.4 Å². The Bertz CT molecular complexity index is 1600. The summed E-state index contributed by atoms with van der Waals surface area (Å²) in [6, 6.07) is 11.0. The van der Waals surface area contributed by atoms with Crippen LogP contribution < -0.4 is 4.72 Å². The molecule has 6 nitrogen and oxygen atoms in total. The topological polar surface area (TPSA) is 81.1 Å². The number of nitrogens with zero attached hydrogens (tertiary/aromatic N) is 2. The number of amides is 1. The maximum absolute atomic E-state index is 15.5. The van der Waals surface area contributed by atoms with E-state index in [9.17, 15) is 26.4 Å². The lowest BCUT2D eigenvalue weighted by Crippen LogP contribution is -2.30. The summed E-state index contributed by atoms with van der Waals surface area (Å²) in [5.41, 5.74) is -2.31. The van der Waals surface area contributed by atoms with Gasteiger partial charge in [0.1, 0.15) is 11.4 Å². The predicted octanol–water partition coefficient (Wildman–Crippen LogP) is 5.85. The molecule has 1 heterocycles. The van der Waals surface area contributed by atoms with Crippen LogP contribution >= 0.6 is 23.2 Å². The van der Waals surface area contributed by atoms with Gasteiger partial charge in [0.15, 0.2) is 5.82 Å². The van der Waals surface area contributed by atoms with Gasteiger partial charge in [-0.15, -0.1) is 0 Å². The summed E-state index contributed by atoms with van der Waals surface area (Å²) in [7, 11) is -4.02. The van der Waals surface area contributed by atoms with Crippen molar-refractivity contribution < 1.29 is 30.8 Å². The number of benzene rings is 3. The summed E-state index contributed by atoms with van der Waals surface area (Å²) in [5, 5.41) is 4.46. The Hall–Kier alpha value is -3.15. The number of nitrogens with one attached hydrogen (secondary N) is 1. The SMILES string of the molecule is CS(=O)(=O)NC(=O)c1cc(Cl)cc(-n2nc(-c3ccccc3C(F)(F)F)c3cc(Cl)ccc32)c1F. The Balaban J connectivity index is 2.02. The fourth-order valence-electron chi connectivity index (χ4n) is 3.53. The maximum Gasteiger partial charge on any atom is 0.417 e. The van der Waals surface area contributed by atoms with Crippen molar-refractivity contribution in [3.8, 4) is 16.9 Å². The Labute approximate surface area is 206 Å². The van der Waals surface area contributed by atoms with Crippen LogP contribution in [0, 0.1) is 5.82 Å². The van der Waals surface area contributed by atoms with Crippen LogP contribution in [0.3, 0.4) is 0 Å². The van der Waals surface area contributed by atoms with E-state index in [0.29, 0.717) is 6.26 Å². The molecule has 0 unspecified atom stereocenters. The summed E-state index contributed by atoms with van der Waals surface area (Å²) < 4.78 is 82.1. The molecule has 0 bridgehead atoms. The Kier molecular flexibility index (Phi) is 6.28. The van der Waals surface area contributed by atoms with E-state index in [0.717, 1.165) is 22.9 Å². The molecule has 0 saturated carbocycles. The number of carbonyl (C=O) groups excluding carboxylic acids is 1. The second-order valence-electron chi connectivity index (χ2n) is 7.46. The first-order chi connectivity index (χ1) is 16.3. The number of sulfonamides is 1. The largest absolute Gasteiger partial charge is 0.417 e. The molecule has 1 aromatic heterocycles. The Morgan fingerprint density at radius 2 is 1.71 bits per heavy atom. The number of halogens is 6. The van der Waals surface area contributed by atoms with E-state index in [4.69, 9.17) is 23.2 Å². The van der Waals surface area contributed by atoms with Gasteiger partial charge in [-0.3, -0.25) is 4.79 Å². The summed E-state index contributed by atoms with van der Waals surface area (Å²) >= 11 is 12.1. The molecule has 0 saturated heterocycles. The van der Waals surface area contributed by atoms with Crippen LogP contribution in [0.25, 0.3) is 27.8 Å². The summed E-state index contributed by atoms with van der Waals surface area (Å²) in [6.07, 6.45) is -3.99. The summed E-state index contributed by atoms with van der Waals surface area (Å²) in [6.45, 7) is 0. The van der Waals surface area contributed by atoms with Crippen LogP contribution in [0.4, 0.5) is 17.6 Å². The molecule has 13 heteroatoms. The third-order valence-electron chi connectivity index (χ3n) is 4.90. The normalized spacial score (nSPS) is 12.2. The molecule has 1 N–H and O–H groups in total. The number of fused-ring (bicyclic) bond motifs is 1. The molecule has 0 aliphatic heterocycles. The van der Waals surface area contributed by atoms with Crippen molar-refractivity contribution in [1.29, 1.82) is 0 Å². The number of hydrogen-bond donors (Lipinski definition) is 1. The van der Waals surface area contributed by atoms with Crippen molar-refractivity contribution in [1.82, 2.24) is 14.5 Å². The van der Waals surface area contributed by atoms with E-state index < -0.39 is 39.1 Å². The fraction of sp³-hybridized carbons (Fsp3) is 0.0909. The van der Waals surface area contributed by atoms with Crippen molar-refractivity contribution in [2.24, 2.45) is 0 Å². The first kappa shape index (κ1) is 25.0. The fourth-order valence-corrected chi connectivity index (χ4v) is 4.36. The van der Waals surface area contributed by atoms with Gasteiger partial charge in [0.2, 0.25) is 10.0 Å². The molecule has 3 aromatic carbocycles. The highest BCUT2D eigenvalue weighted by atomic mass is 35.5. The van der Waals surface area contributed by atoms with E-state index in [2.05, 4.69) is 5.10 Å². The van der Waals surface area contributed by atoms with Crippen LogP contribution in [0.1, 0.15) is 15.9 Å². The van der Waals surface area contributed by atoms with Gasteiger partial charge in [-0.25, -0.2) is 22.2 Å². The smallest absolute Gasteiger partial charge is 0.268 e. The van der Waals surface area contributed by atoms with Gasteiger partial charge in [-0.1, -0.05) is 41.4 Å². The molecule has 0 spiro atoms. The first-order valence-corrected chi connectivity index (χ1v) is 12.3. The average Bonchev–Trinajstić information content (AvgIpc) is 3.11. The molecular weight excluding hydrogens is 533 g/mol. The lowest BCUT2D eigenvalue weighted by molar-refractivity contribution is -0.137. The van der Waals surface area contributed by atoms with Gasteiger partial charge in [0, 0.05) is 21.0 Å². The molecule has 0 fully saturated rings. The monoisotopic (exact) mass is 545 g/mol. The van der Waals surface area contributed by atoms with Gasteiger partial charge in [0.05, 0.1) is 22.9 Å². The van der Waals surface area contributed by atoms with Gasteiger partial charge >= 0.3 is 6.18 Å². The van der Waals surface area contributed by atoms with Crippen LogP contribution in [-0.2, 0) is 16.2 Å². The van der Waals surface area contributed by atoms with Crippen molar-refractivity contribution in [2.45, 2.75) is 6.18 Å². The number of alkyl halides is 3. The van der Waals surface area contributed by atoms with Gasteiger partial charge in [-0.05, 0) is 36.4 Å². The highest BCUT2D eigenvalue weighted by Crippen LogP contribution is 2.40. The first-order valence-electron chi connectivity index (χ1n) is 9.62. The molecule has 4 aromatic rings. The molecule has 0 atom stereocenters. The minimum absolute atomic E-state index is 0.142. The number of carbonyl (C=O) groups is 1.